The number of hydrogen-bond donors (Lipinski definition) is 4. The van der Waals surface area contributed by atoms with Gasteiger partial charge in [0.1, 0.15) is 5.75 Å². The third-order valence-electron chi connectivity index (χ3n) is 3.98. The molecule has 0 saturated carbocycles. The van der Waals surface area contributed by atoms with Crippen LogP contribution in [0.15, 0.2) is 54.6 Å². The van der Waals surface area contributed by atoms with Crippen LogP contribution in [0.1, 0.15) is 41.1 Å². The van der Waals surface area contributed by atoms with Crippen molar-refractivity contribution in [3.05, 3.63) is 65.7 Å². The lowest BCUT2D eigenvalue weighted by molar-refractivity contribution is -0.131. The molecule has 4 N–H and O–H groups in total. The Balaban J connectivity index is 1.80. The second kappa shape index (κ2) is 9.44. The molecular formula is C19H22N2O4. The molecule has 0 heterocycles. The van der Waals surface area contributed by atoms with E-state index in [9.17, 15) is 14.7 Å². The van der Waals surface area contributed by atoms with E-state index in [2.05, 4.69) is 5.32 Å². The first-order valence-corrected chi connectivity index (χ1v) is 8.18. The standard InChI is InChI=1S/C19H22N2O4/c22-17-12-5-4-11-16(17)18(23)20-13-7-6-10-15(19(24)21-25)14-8-2-1-3-9-14/h1-5,8-9,11-12,15,22,25H,6-7,10,13H2,(H,20,23)(H,21,24). The fourth-order valence-corrected chi connectivity index (χ4v) is 2.65. The van der Waals surface area contributed by atoms with Crippen LogP contribution in [0.2, 0.25) is 0 Å². The Morgan fingerprint density at radius 3 is 2.32 bits per heavy atom. The molecule has 0 saturated heterocycles. The van der Waals surface area contributed by atoms with E-state index in [-0.39, 0.29) is 17.2 Å². The number of phenols is 1. The van der Waals surface area contributed by atoms with Crippen LogP contribution in [0.4, 0.5) is 0 Å². The van der Waals surface area contributed by atoms with Gasteiger partial charge in [-0.15, -0.1) is 0 Å². The van der Waals surface area contributed by atoms with Crippen molar-refractivity contribution in [1.82, 2.24) is 10.8 Å². The molecule has 0 aliphatic heterocycles. The average molecular weight is 342 g/mol. The molecule has 2 amide bonds. The summed E-state index contributed by atoms with van der Waals surface area (Å²) in [5.74, 6) is -1.25. The zero-order chi connectivity index (χ0) is 18.1. The Labute approximate surface area is 146 Å². The summed E-state index contributed by atoms with van der Waals surface area (Å²) in [6, 6.07) is 15.6. The van der Waals surface area contributed by atoms with Gasteiger partial charge in [-0.3, -0.25) is 14.8 Å². The number of aromatic hydroxyl groups is 1. The highest BCUT2D eigenvalue weighted by Crippen LogP contribution is 2.22. The van der Waals surface area contributed by atoms with E-state index in [1.807, 2.05) is 30.3 Å². The van der Waals surface area contributed by atoms with Crippen molar-refractivity contribution in [3.8, 4) is 5.75 Å². The lowest BCUT2D eigenvalue weighted by atomic mass is 9.93. The Hall–Kier alpha value is -2.86. The highest BCUT2D eigenvalue weighted by Gasteiger charge is 2.19. The van der Waals surface area contributed by atoms with Crippen LogP contribution in [0.3, 0.4) is 0 Å². The monoisotopic (exact) mass is 342 g/mol. The first-order chi connectivity index (χ1) is 12.1. The molecule has 6 nitrogen and oxygen atoms in total. The van der Waals surface area contributed by atoms with Crippen molar-refractivity contribution in [1.29, 1.82) is 0 Å². The van der Waals surface area contributed by atoms with E-state index >= 15 is 0 Å². The summed E-state index contributed by atoms with van der Waals surface area (Å²) < 4.78 is 0. The molecule has 0 aliphatic rings. The fourth-order valence-electron chi connectivity index (χ4n) is 2.65. The minimum absolute atomic E-state index is 0.0521. The number of nitrogens with one attached hydrogen (secondary N) is 2. The maximum absolute atomic E-state index is 12.0. The summed E-state index contributed by atoms with van der Waals surface area (Å²) in [5, 5.41) is 21.3. The summed E-state index contributed by atoms with van der Waals surface area (Å²) in [6.07, 6.45) is 1.94. The maximum atomic E-state index is 12.0. The minimum atomic E-state index is -0.440. The Morgan fingerprint density at radius 1 is 0.960 bits per heavy atom. The van der Waals surface area contributed by atoms with Gasteiger partial charge in [-0.2, -0.15) is 0 Å². The molecular weight excluding hydrogens is 320 g/mol. The smallest absolute Gasteiger partial charge is 0.255 e. The summed E-state index contributed by atoms with van der Waals surface area (Å²) in [6.45, 7) is 0.440. The lowest BCUT2D eigenvalue weighted by Crippen LogP contribution is -2.27. The van der Waals surface area contributed by atoms with Crippen LogP contribution in [-0.4, -0.2) is 28.7 Å². The van der Waals surface area contributed by atoms with E-state index in [4.69, 9.17) is 5.21 Å². The van der Waals surface area contributed by atoms with Gasteiger partial charge in [0.2, 0.25) is 0 Å². The number of carbonyl (C=O) groups is 2. The Kier molecular flexibility index (Phi) is 6.98. The number of carbonyl (C=O) groups excluding carboxylic acids is 2. The van der Waals surface area contributed by atoms with E-state index in [1.54, 1.807) is 23.7 Å². The zero-order valence-corrected chi connectivity index (χ0v) is 13.8. The second-order valence-corrected chi connectivity index (χ2v) is 5.71. The van der Waals surface area contributed by atoms with Gasteiger partial charge >= 0.3 is 0 Å². The number of hydrogen-bond acceptors (Lipinski definition) is 4. The van der Waals surface area contributed by atoms with Crippen molar-refractivity contribution in [3.63, 3.8) is 0 Å². The largest absolute Gasteiger partial charge is 0.507 e. The fraction of sp³-hybridized carbons (Fsp3) is 0.263. The van der Waals surface area contributed by atoms with Gasteiger partial charge in [0, 0.05) is 6.54 Å². The van der Waals surface area contributed by atoms with E-state index < -0.39 is 11.8 Å². The summed E-state index contributed by atoms with van der Waals surface area (Å²) in [5.41, 5.74) is 2.79. The zero-order valence-electron chi connectivity index (χ0n) is 13.8. The van der Waals surface area contributed by atoms with E-state index in [0.717, 1.165) is 5.56 Å². The van der Waals surface area contributed by atoms with Gasteiger partial charge in [-0.1, -0.05) is 48.9 Å². The van der Waals surface area contributed by atoms with E-state index in [0.29, 0.717) is 25.8 Å². The quantitative estimate of drug-likeness (QED) is 0.337. The number of benzene rings is 2. The van der Waals surface area contributed by atoms with Crippen LogP contribution in [0.5, 0.6) is 5.75 Å². The van der Waals surface area contributed by atoms with Crippen LogP contribution in [-0.2, 0) is 4.79 Å². The number of unbranched alkanes of at least 4 members (excludes halogenated alkanes) is 1. The SMILES string of the molecule is O=C(NCCCCC(C(=O)NO)c1ccccc1)c1ccccc1O. The van der Waals surface area contributed by atoms with Crippen LogP contribution >= 0.6 is 0 Å². The molecule has 0 aromatic heterocycles. The number of para-hydroxylation sites is 1. The maximum Gasteiger partial charge on any atom is 0.255 e. The van der Waals surface area contributed by atoms with Gasteiger partial charge in [0.05, 0.1) is 11.5 Å². The van der Waals surface area contributed by atoms with Gasteiger partial charge in [-0.05, 0) is 30.5 Å². The van der Waals surface area contributed by atoms with Crippen LogP contribution in [0.25, 0.3) is 0 Å². The molecule has 132 valence electrons. The van der Waals surface area contributed by atoms with Crippen molar-refractivity contribution in [2.45, 2.75) is 25.2 Å². The average Bonchev–Trinajstić information content (AvgIpc) is 2.65. The molecule has 6 heteroatoms. The molecule has 0 aliphatic carbocycles. The van der Waals surface area contributed by atoms with Crippen LogP contribution in [0, 0.1) is 0 Å². The first-order valence-electron chi connectivity index (χ1n) is 8.18. The van der Waals surface area contributed by atoms with Gasteiger partial charge in [-0.25, -0.2) is 5.48 Å². The second-order valence-electron chi connectivity index (χ2n) is 5.71. The molecule has 25 heavy (non-hydrogen) atoms. The topological polar surface area (TPSA) is 98.7 Å². The van der Waals surface area contributed by atoms with Crippen LogP contribution < -0.4 is 10.8 Å². The lowest BCUT2D eigenvalue weighted by Gasteiger charge is -2.15. The number of phenolic OH excluding ortho intramolecular Hbond substituents is 1. The number of hydroxylamine groups is 1. The summed E-state index contributed by atoms with van der Waals surface area (Å²) in [7, 11) is 0. The Morgan fingerprint density at radius 2 is 1.64 bits per heavy atom. The van der Waals surface area contributed by atoms with Gasteiger partial charge < -0.3 is 10.4 Å². The molecule has 2 aromatic rings. The third kappa shape index (κ3) is 5.32. The van der Waals surface area contributed by atoms with Crippen molar-refractivity contribution >= 4 is 11.8 Å². The molecule has 0 bridgehead atoms. The highest BCUT2D eigenvalue weighted by molar-refractivity contribution is 5.96. The van der Waals surface area contributed by atoms with Crippen molar-refractivity contribution in [2.75, 3.05) is 6.54 Å². The molecule has 1 unspecified atom stereocenters. The first kappa shape index (κ1) is 18.5. The molecule has 2 rings (SSSR count). The number of amides is 2. The molecule has 0 spiro atoms. The van der Waals surface area contributed by atoms with Crippen molar-refractivity contribution in [2.24, 2.45) is 0 Å². The highest BCUT2D eigenvalue weighted by atomic mass is 16.5. The predicted molar refractivity (Wildman–Crippen MR) is 93.4 cm³/mol. The predicted octanol–water partition coefficient (Wildman–Crippen LogP) is 2.58. The summed E-state index contributed by atoms with van der Waals surface area (Å²) >= 11 is 0. The minimum Gasteiger partial charge on any atom is -0.507 e. The normalized spacial score (nSPS) is 11.6. The van der Waals surface area contributed by atoms with E-state index in [1.165, 1.54) is 6.07 Å². The molecule has 0 fully saturated rings. The Bertz CT molecular complexity index is 704. The third-order valence-corrected chi connectivity index (χ3v) is 3.98. The molecule has 2 aromatic carbocycles. The van der Waals surface area contributed by atoms with Gasteiger partial charge in [0.15, 0.2) is 0 Å². The van der Waals surface area contributed by atoms with Gasteiger partial charge in [0.25, 0.3) is 11.8 Å². The molecule has 1 atom stereocenters. The number of rotatable bonds is 8. The van der Waals surface area contributed by atoms with Crippen molar-refractivity contribution < 1.29 is 19.9 Å². The summed E-state index contributed by atoms with van der Waals surface area (Å²) in [4.78, 5) is 23.8. The molecule has 0 radical (unpaired) electrons.